The minimum atomic E-state index is -0.303. The van der Waals surface area contributed by atoms with Crippen LogP contribution in [0.5, 0.6) is 5.75 Å². The average Bonchev–Trinajstić information content (AvgIpc) is 2.41. The molecule has 0 aliphatic rings. The van der Waals surface area contributed by atoms with Crippen molar-refractivity contribution in [2.24, 2.45) is 0 Å². The highest BCUT2D eigenvalue weighted by atomic mass is 79.9. The zero-order chi connectivity index (χ0) is 13.7. The Kier molecular flexibility index (Phi) is 4.46. The van der Waals surface area contributed by atoms with E-state index >= 15 is 0 Å². The van der Waals surface area contributed by atoms with Gasteiger partial charge < -0.3 is 4.74 Å². The fourth-order valence-electron chi connectivity index (χ4n) is 1.32. The van der Waals surface area contributed by atoms with E-state index in [4.69, 9.17) is 4.74 Å². The quantitative estimate of drug-likeness (QED) is 0.940. The second-order valence-electron chi connectivity index (χ2n) is 3.87. The summed E-state index contributed by atoms with van der Waals surface area (Å²) in [5, 5.41) is 2.54. The van der Waals surface area contributed by atoms with E-state index in [9.17, 15) is 4.79 Å². The van der Waals surface area contributed by atoms with Crippen molar-refractivity contribution < 1.29 is 9.53 Å². The Morgan fingerprint density at radius 1 is 1.26 bits per heavy atom. The first-order valence-electron chi connectivity index (χ1n) is 5.60. The maximum atomic E-state index is 11.6. The van der Waals surface area contributed by atoms with Gasteiger partial charge in [-0.15, -0.1) is 0 Å². The lowest BCUT2D eigenvalue weighted by Crippen LogP contribution is -2.21. The summed E-state index contributed by atoms with van der Waals surface area (Å²) in [6.45, 7) is 1.91. The molecular weight excluding hydrogens is 310 g/mol. The predicted octanol–water partition coefficient (Wildman–Crippen LogP) is 2.57. The van der Waals surface area contributed by atoms with Crippen LogP contribution in [0.1, 0.15) is 5.56 Å². The highest BCUT2D eigenvalue weighted by Gasteiger charge is 2.05. The van der Waals surface area contributed by atoms with Crippen molar-refractivity contribution in [3.05, 3.63) is 46.7 Å². The van der Waals surface area contributed by atoms with Crippen LogP contribution in [-0.4, -0.2) is 22.5 Å². The minimum Gasteiger partial charge on any atom is -0.484 e. The molecule has 0 saturated carbocycles. The Bertz CT molecular complexity index is 555. The van der Waals surface area contributed by atoms with Crippen molar-refractivity contribution in [1.29, 1.82) is 0 Å². The molecule has 0 radical (unpaired) electrons. The molecule has 0 aliphatic heterocycles. The summed E-state index contributed by atoms with van der Waals surface area (Å²) < 4.78 is 6.09. The van der Waals surface area contributed by atoms with Crippen LogP contribution in [-0.2, 0) is 4.79 Å². The number of hydrogen-bond acceptors (Lipinski definition) is 4. The van der Waals surface area contributed by atoms with Crippen molar-refractivity contribution in [1.82, 2.24) is 9.97 Å². The zero-order valence-corrected chi connectivity index (χ0v) is 11.8. The van der Waals surface area contributed by atoms with Crippen molar-refractivity contribution in [3.8, 4) is 5.75 Å². The lowest BCUT2D eigenvalue weighted by Gasteiger charge is -2.06. The number of nitrogens with zero attached hydrogens (tertiary/aromatic N) is 2. The van der Waals surface area contributed by atoms with Crippen LogP contribution in [0.2, 0.25) is 0 Å². The lowest BCUT2D eigenvalue weighted by atomic mass is 10.2. The molecule has 5 nitrogen and oxygen atoms in total. The first-order valence-corrected chi connectivity index (χ1v) is 6.39. The minimum absolute atomic E-state index is 0.0809. The number of anilines is 1. The van der Waals surface area contributed by atoms with E-state index in [1.807, 2.05) is 31.2 Å². The first kappa shape index (κ1) is 13.5. The molecule has 0 bridgehead atoms. The number of aromatic nitrogens is 2. The van der Waals surface area contributed by atoms with Crippen LogP contribution in [0.3, 0.4) is 0 Å². The van der Waals surface area contributed by atoms with Gasteiger partial charge in [-0.25, -0.2) is 9.97 Å². The van der Waals surface area contributed by atoms with E-state index < -0.39 is 0 Å². The summed E-state index contributed by atoms with van der Waals surface area (Å²) in [5.74, 6) is 0.598. The van der Waals surface area contributed by atoms with Crippen molar-refractivity contribution >= 4 is 27.8 Å². The second-order valence-corrected chi connectivity index (χ2v) is 4.79. The number of halogens is 1. The number of nitrogens with one attached hydrogen (secondary N) is 1. The van der Waals surface area contributed by atoms with Crippen LogP contribution in [0, 0.1) is 6.92 Å². The Hall–Kier alpha value is -1.95. The first-order chi connectivity index (χ1) is 9.13. The topological polar surface area (TPSA) is 64.1 Å². The lowest BCUT2D eigenvalue weighted by molar-refractivity contribution is -0.118. The van der Waals surface area contributed by atoms with E-state index in [1.54, 1.807) is 12.4 Å². The van der Waals surface area contributed by atoms with Gasteiger partial charge in [-0.2, -0.15) is 0 Å². The van der Waals surface area contributed by atoms with Gasteiger partial charge in [0.15, 0.2) is 6.61 Å². The van der Waals surface area contributed by atoms with Crippen LogP contribution in [0.4, 0.5) is 5.95 Å². The molecule has 0 unspecified atom stereocenters. The monoisotopic (exact) mass is 321 g/mol. The Balaban J connectivity index is 1.84. The number of rotatable bonds is 4. The highest BCUT2D eigenvalue weighted by molar-refractivity contribution is 9.10. The smallest absolute Gasteiger partial charge is 0.264 e. The third kappa shape index (κ3) is 4.33. The van der Waals surface area contributed by atoms with Gasteiger partial charge >= 0.3 is 0 Å². The molecule has 0 aliphatic carbocycles. The second kappa shape index (κ2) is 6.29. The molecule has 0 atom stereocenters. The maximum Gasteiger partial charge on any atom is 0.264 e. The Morgan fingerprint density at radius 2 is 1.89 bits per heavy atom. The third-order valence-electron chi connectivity index (χ3n) is 2.26. The molecule has 1 aromatic heterocycles. The van der Waals surface area contributed by atoms with Gasteiger partial charge in [0.25, 0.3) is 5.91 Å². The van der Waals surface area contributed by atoms with Crippen LogP contribution in [0.15, 0.2) is 41.1 Å². The molecule has 1 heterocycles. The van der Waals surface area contributed by atoms with Crippen molar-refractivity contribution in [2.75, 3.05) is 11.9 Å². The normalized spacial score (nSPS) is 10.0. The molecule has 1 aromatic carbocycles. The van der Waals surface area contributed by atoms with Gasteiger partial charge in [0.2, 0.25) is 5.95 Å². The van der Waals surface area contributed by atoms with Gasteiger partial charge in [-0.1, -0.05) is 17.7 Å². The molecular formula is C13H12BrN3O2. The van der Waals surface area contributed by atoms with Gasteiger partial charge in [0.1, 0.15) is 5.75 Å². The number of benzene rings is 1. The van der Waals surface area contributed by atoms with Gasteiger partial charge in [-0.05, 0) is 35.0 Å². The molecule has 1 amide bonds. The molecule has 0 saturated heterocycles. The molecule has 2 rings (SSSR count). The summed E-state index contributed by atoms with van der Waals surface area (Å²) >= 11 is 3.22. The number of carbonyl (C=O) groups is 1. The molecule has 19 heavy (non-hydrogen) atoms. The summed E-state index contributed by atoms with van der Waals surface area (Å²) in [5.41, 5.74) is 1.14. The Labute approximate surface area is 119 Å². The van der Waals surface area contributed by atoms with E-state index in [-0.39, 0.29) is 18.5 Å². The number of hydrogen-bond donors (Lipinski definition) is 1. The fourth-order valence-corrected chi connectivity index (χ4v) is 1.53. The molecule has 0 fully saturated rings. The van der Waals surface area contributed by atoms with Crippen LogP contribution >= 0.6 is 15.9 Å². The predicted molar refractivity (Wildman–Crippen MR) is 75.0 cm³/mol. The summed E-state index contributed by atoms with van der Waals surface area (Å²) in [4.78, 5) is 19.5. The van der Waals surface area contributed by atoms with E-state index in [0.717, 1.165) is 10.0 Å². The number of ether oxygens (including phenoxy) is 1. The Morgan fingerprint density at radius 3 is 2.53 bits per heavy atom. The molecule has 98 valence electrons. The van der Waals surface area contributed by atoms with E-state index in [0.29, 0.717) is 5.75 Å². The standard InChI is InChI=1S/C13H12BrN3O2/c1-9-2-4-11(5-3-9)19-8-12(18)17-13-15-6-10(14)7-16-13/h2-7H,8H2,1H3,(H,15,16,17,18). The molecule has 2 aromatic rings. The van der Waals surface area contributed by atoms with Gasteiger partial charge in [0, 0.05) is 12.4 Å². The summed E-state index contributed by atoms with van der Waals surface area (Å²) in [6.07, 6.45) is 3.12. The number of aryl methyl sites for hydroxylation is 1. The maximum absolute atomic E-state index is 11.6. The number of amides is 1. The highest BCUT2D eigenvalue weighted by Crippen LogP contribution is 2.11. The SMILES string of the molecule is Cc1ccc(OCC(=O)Nc2ncc(Br)cn2)cc1. The summed E-state index contributed by atoms with van der Waals surface area (Å²) in [7, 11) is 0. The average molecular weight is 322 g/mol. The largest absolute Gasteiger partial charge is 0.484 e. The number of carbonyl (C=O) groups excluding carboxylic acids is 1. The molecule has 6 heteroatoms. The third-order valence-corrected chi connectivity index (χ3v) is 2.67. The van der Waals surface area contributed by atoms with E-state index in [2.05, 4.69) is 31.2 Å². The van der Waals surface area contributed by atoms with Gasteiger partial charge in [0.05, 0.1) is 4.47 Å². The summed E-state index contributed by atoms with van der Waals surface area (Å²) in [6, 6.07) is 7.48. The zero-order valence-electron chi connectivity index (χ0n) is 10.3. The fraction of sp³-hybridized carbons (Fsp3) is 0.154. The van der Waals surface area contributed by atoms with Crippen LogP contribution < -0.4 is 10.1 Å². The van der Waals surface area contributed by atoms with Crippen molar-refractivity contribution in [2.45, 2.75) is 6.92 Å². The van der Waals surface area contributed by atoms with E-state index in [1.165, 1.54) is 0 Å². The van der Waals surface area contributed by atoms with Gasteiger partial charge in [-0.3, -0.25) is 10.1 Å². The molecule has 0 spiro atoms. The molecule has 1 N–H and O–H groups in total. The van der Waals surface area contributed by atoms with Crippen molar-refractivity contribution in [3.63, 3.8) is 0 Å². The van der Waals surface area contributed by atoms with Crippen LogP contribution in [0.25, 0.3) is 0 Å².